The molecule has 1 fully saturated rings. The second kappa shape index (κ2) is 8.13. The first-order chi connectivity index (χ1) is 11.3. The van der Waals surface area contributed by atoms with Crippen molar-refractivity contribution in [2.24, 2.45) is 10.9 Å². The predicted octanol–water partition coefficient (Wildman–Crippen LogP) is 1.96. The molecule has 4 atom stereocenters. The number of nitrogens with zero attached hydrogens (tertiary/aromatic N) is 1. The number of aliphatic imine (C=N–C) groups is 1. The Labute approximate surface area is 146 Å². The summed E-state index contributed by atoms with van der Waals surface area (Å²) in [4.78, 5) is 6.03. The number of hydrogen-bond acceptors (Lipinski definition) is 3. The van der Waals surface area contributed by atoms with Crippen molar-refractivity contribution in [2.75, 3.05) is 20.1 Å². The molecule has 0 saturated carbocycles. The van der Waals surface area contributed by atoms with Crippen LogP contribution in [0.25, 0.3) is 0 Å². The fourth-order valence-electron chi connectivity index (χ4n) is 3.46. The molecule has 4 nitrogen and oxygen atoms in total. The molecule has 1 aliphatic rings. The Hall–Kier alpha value is -1.39. The van der Waals surface area contributed by atoms with Crippen LogP contribution in [0.3, 0.4) is 0 Å². The largest absolute Gasteiger partial charge is 0.491 e. The van der Waals surface area contributed by atoms with Gasteiger partial charge < -0.3 is 14.7 Å². The lowest BCUT2D eigenvalue weighted by molar-refractivity contribution is -0.916. The summed E-state index contributed by atoms with van der Waals surface area (Å²) in [6.07, 6.45) is 3.66. The Morgan fingerprint density at radius 3 is 2.62 bits per heavy atom. The normalized spacial score (nSPS) is 30.9. The van der Waals surface area contributed by atoms with Crippen molar-refractivity contribution < 1.29 is 14.7 Å². The Morgan fingerprint density at radius 1 is 1.33 bits per heavy atom. The van der Waals surface area contributed by atoms with Gasteiger partial charge in [0.2, 0.25) is 0 Å². The topological polar surface area (TPSA) is 46.3 Å². The van der Waals surface area contributed by atoms with E-state index in [4.69, 9.17) is 4.74 Å². The highest BCUT2D eigenvalue weighted by molar-refractivity contribution is 5.79. The van der Waals surface area contributed by atoms with Crippen molar-refractivity contribution in [1.29, 1.82) is 0 Å². The number of likely N-dealkylation sites (tertiary alicyclic amines) is 1. The monoisotopic (exact) mass is 333 g/mol. The van der Waals surface area contributed by atoms with Crippen LogP contribution in [0.15, 0.2) is 29.3 Å². The van der Waals surface area contributed by atoms with E-state index < -0.39 is 5.60 Å². The van der Waals surface area contributed by atoms with Crippen molar-refractivity contribution in [3.05, 3.63) is 29.8 Å². The van der Waals surface area contributed by atoms with Crippen LogP contribution in [0.5, 0.6) is 5.75 Å². The molecule has 0 bridgehead atoms. The highest BCUT2D eigenvalue weighted by Crippen LogP contribution is 2.28. The van der Waals surface area contributed by atoms with Crippen molar-refractivity contribution in [2.45, 2.75) is 58.3 Å². The lowest BCUT2D eigenvalue weighted by Gasteiger charge is -2.43. The predicted molar refractivity (Wildman–Crippen MR) is 99.2 cm³/mol. The molecule has 1 aromatic carbocycles. The first kappa shape index (κ1) is 18.9. The number of benzene rings is 1. The van der Waals surface area contributed by atoms with E-state index in [1.54, 1.807) is 0 Å². The fourth-order valence-corrected chi connectivity index (χ4v) is 3.46. The van der Waals surface area contributed by atoms with Gasteiger partial charge in [0.05, 0.1) is 31.3 Å². The number of hydrogen-bond donors (Lipinski definition) is 2. The van der Waals surface area contributed by atoms with Gasteiger partial charge in [0.1, 0.15) is 5.75 Å². The number of piperidine rings is 1. The third-order valence-corrected chi connectivity index (χ3v) is 5.21. The van der Waals surface area contributed by atoms with Crippen molar-refractivity contribution in [3.8, 4) is 5.75 Å². The number of rotatable bonds is 6. The van der Waals surface area contributed by atoms with E-state index in [1.807, 2.05) is 44.3 Å². The summed E-state index contributed by atoms with van der Waals surface area (Å²) in [5, 5.41) is 10.9. The molecular weight excluding hydrogens is 300 g/mol. The van der Waals surface area contributed by atoms with Gasteiger partial charge in [0, 0.05) is 25.1 Å². The summed E-state index contributed by atoms with van der Waals surface area (Å²) >= 11 is 0. The molecule has 0 radical (unpaired) electrons. The summed E-state index contributed by atoms with van der Waals surface area (Å²) in [5.74, 6) is 1.20. The van der Waals surface area contributed by atoms with E-state index in [0.29, 0.717) is 18.5 Å². The number of nitrogens with one attached hydrogen (secondary N) is 1. The van der Waals surface area contributed by atoms with Gasteiger partial charge >= 0.3 is 0 Å². The molecule has 2 N–H and O–H groups in total. The summed E-state index contributed by atoms with van der Waals surface area (Å²) in [6, 6.07) is 8.47. The molecule has 1 aromatic rings. The van der Waals surface area contributed by atoms with Gasteiger partial charge in [0.25, 0.3) is 0 Å². The van der Waals surface area contributed by atoms with Gasteiger partial charge in [-0.05, 0) is 57.0 Å². The molecule has 0 aromatic heterocycles. The van der Waals surface area contributed by atoms with Crippen LogP contribution in [0, 0.1) is 5.92 Å². The van der Waals surface area contributed by atoms with Gasteiger partial charge in [-0.25, -0.2) is 0 Å². The summed E-state index contributed by atoms with van der Waals surface area (Å²) in [7, 11) is 2.21. The highest BCUT2D eigenvalue weighted by atomic mass is 16.5. The van der Waals surface area contributed by atoms with Crippen LogP contribution in [0.2, 0.25) is 0 Å². The van der Waals surface area contributed by atoms with Gasteiger partial charge in [-0.3, -0.25) is 4.99 Å². The van der Waals surface area contributed by atoms with Gasteiger partial charge in [-0.2, -0.15) is 0 Å². The Kier molecular flexibility index (Phi) is 6.41. The van der Waals surface area contributed by atoms with Crippen LogP contribution < -0.4 is 9.64 Å². The van der Waals surface area contributed by atoms with Gasteiger partial charge in [-0.1, -0.05) is 6.92 Å². The lowest BCUT2D eigenvalue weighted by atomic mass is 9.77. The van der Waals surface area contributed by atoms with E-state index in [1.165, 1.54) is 4.90 Å². The quantitative estimate of drug-likeness (QED) is 0.782. The first-order valence-corrected chi connectivity index (χ1v) is 9.11. The SMILES string of the molecule is CC(C)Oc1ccc(C=NCC[C@]2(O)C[C@@H](C)[NH+](C)C[C@H]2C)cc1. The van der Waals surface area contributed by atoms with Crippen LogP contribution in [-0.4, -0.2) is 49.2 Å². The van der Waals surface area contributed by atoms with Crippen LogP contribution >= 0.6 is 0 Å². The van der Waals surface area contributed by atoms with Crippen LogP contribution in [0.4, 0.5) is 0 Å². The molecule has 1 heterocycles. The molecule has 134 valence electrons. The summed E-state index contributed by atoms with van der Waals surface area (Å²) in [6.45, 7) is 10.1. The zero-order valence-electron chi connectivity index (χ0n) is 15.7. The van der Waals surface area contributed by atoms with E-state index in [2.05, 4.69) is 25.9 Å². The minimum Gasteiger partial charge on any atom is -0.491 e. The molecule has 1 aliphatic heterocycles. The van der Waals surface area contributed by atoms with Crippen molar-refractivity contribution >= 4 is 6.21 Å². The van der Waals surface area contributed by atoms with Crippen molar-refractivity contribution in [1.82, 2.24) is 0 Å². The van der Waals surface area contributed by atoms with E-state index in [9.17, 15) is 5.11 Å². The van der Waals surface area contributed by atoms with Crippen molar-refractivity contribution in [3.63, 3.8) is 0 Å². The van der Waals surface area contributed by atoms with E-state index in [-0.39, 0.29) is 6.10 Å². The third kappa shape index (κ3) is 5.05. The standard InChI is InChI=1S/C20H32N2O2/c1-15(2)24-19-8-6-18(7-9-19)13-21-11-10-20(23)12-17(4)22(5)14-16(20)3/h6-9,13,15-17,23H,10-12,14H2,1-5H3/p+1/t16-,17-,20+/m1/s1. The Balaban J connectivity index is 1.85. The smallest absolute Gasteiger partial charge is 0.119 e. The Morgan fingerprint density at radius 2 is 2.00 bits per heavy atom. The van der Waals surface area contributed by atoms with Crippen LogP contribution in [-0.2, 0) is 0 Å². The van der Waals surface area contributed by atoms with E-state index in [0.717, 1.165) is 30.7 Å². The minimum absolute atomic E-state index is 0.186. The molecule has 0 amide bonds. The zero-order valence-corrected chi connectivity index (χ0v) is 15.7. The second-order valence-corrected chi connectivity index (χ2v) is 7.68. The minimum atomic E-state index is -0.578. The summed E-state index contributed by atoms with van der Waals surface area (Å²) < 4.78 is 5.64. The molecule has 24 heavy (non-hydrogen) atoms. The number of aliphatic hydroxyl groups is 1. The molecule has 2 rings (SSSR count). The zero-order chi connectivity index (χ0) is 17.7. The molecular formula is C20H33N2O2+. The highest BCUT2D eigenvalue weighted by Gasteiger charge is 2.42. The van der Waals surface area contributed by atoms with Gasteiger partial charge in [-0.15, -0.1) is 0 Å². The molecule has 4 heteroatoms. The maximum absolute atomic E-state index is 10.9. The third-order valence-electron chi connectivity index (χ3n) is 5.21. The first-order valence-electron chi connectivity index (χ1n) is 9.11. The number of quaternary nitrogens is 1. The number of ether oxygens (including phenoxy) is 1. The van der Waals surface area contributed by atoms with Crippen LogP contribution in [0.1, 0.15) is 46.1 Å². The average Bonchev–Trinajstić information content (AvgIpc) is 2.51. The van der Waals surface area contributed by atoms with Gasteiger partial charge in [0.15, 0.2) is 0 Å². The fraction of sp³-hybridized carbons (Fsp3) is 0.650. The molecule has 0 spiro atoms. The maximum atomic E-state index is 10.9. The average molecular weight is 333 g/mol. The molecule has 0 aliphatic carbocycles. The Bertz CT molecular complexity index is 541. The summed E-state index contributed by atoms with van der Waals surface area (Å²) in [5.41, 5.74) is 0.484. The lowest BCUT2D eigenvalue weighted by Crippen LogP contribution is -3.15. The molecule has 1 unspecified atom stereocenters. The second-order valence-electron chi connectivity index (χ2n) is 7.68. The van der Waals surface area contributed by atoms with E-state index >= 15 is 0 Å². The molecule has 1 saturated heterocycles. The maximum Gasteiger partial charge on any atom is 0.119 e.